The molecule has 0 heterocycles. The zero-order valence-electron chi connectivity index (χ0n) is 11.8. The van der Waals surface area contributed by atoms with Gasteiger partial charge in [-0.1, -0.05) is 26.7 Å². The van der Waals surface area contributed by atoms with E-state index < -0.39 is 0 Å². The molecule has 2 unspecified atom stereocenters. The molecule has 0 rings (SSSR count). The molecule has 0 fully saturated rings. The molecule has 2 atom stereocenters. The number of hydrogen-bond donors (Lipinski definition) is 0. The first kappa shape index (κ1) is 15.9. The summed E-state index contributed by atoms with van der Waals surface area (Å²) >= 11 is 0. The van der Waals surface area contributed by atoms with Crippen molar-refractivity contribution < 1.29 is 9.47 Å². The molecule has 0 aromatic heterocycles. The van der Waals surface area contributed by atoms with Gasteiger partial charge in [0.05, 0.1) is 18.3 Å². The van der Waals surface area contributed by atoms with Crippen molar-refractivity contribution in [1.29, 1.82) is 0 Å². The molecule has 2 nitrogen and oxygen atoms in total. The van der Waals surface area contributed by atoms with Gasteiger partial charge in [0.25, 0.3) is 0 Å². The quantitative estimate of drug-likeness (QED) is 0.560. The molecule has 0 spiro atoms. The third kappa shape index (κ3) is 9.17. The van der Waals surface area contributed by atoms with Crippen molar-refractivity contribution in [2.45, 2.75) is 85.0 Å². The Bertz CT molecular complexity index is 146. The molecule has 0 aliphatic heterocycles. The van der Waals surface area contributed by atoms with Gasteiger partial charge in [0, 0.05) is 6.61 Å². The average molecular weight is 230 g/mol. The maximum atomic E-state index is 5.92. The van der Waals surface area contributed by atoms with Crippen LogP contribution in [-0.2, 0) is 9.47 Å². The van der Waals surface area contributed by atoms with Gasteiger partial charge in [-0.15, -0.1) is 0 Å². The summed E-state index contributed by atoms with van der Waals surface area (Å²) in [5.74, 6) is 0. The monoisotopic (exact) mass is 230 g/mol. The zero-order chi connectivity index (χ0) is 12.4. The summed E-state index contributed by atoms with van der Waals surface area (Å²) in [6.07, 6.45) is 6.77. The Labute approximate surface area is 102 Å². The highest BCUT2D eigenvalue weighted by Gasteiger charge is 2.15. The molecule has 0 aromatic carbocycles. The molecule has 0 radical (unpaired) electrons. The molecule has 0 aliphatic rings. The van der Waals surface area contributed by atoms with Crippen molar-refractivity contribution in [2.75, 3.05) is 6.61 Å². The lowest BCUT2D eigenvalue weighted by atomic mass is 10.1. The molecular weight excluding hydrogens is 200 g/mol. The van der Waals surface area contributed by atoms with Gasteiger partial charge in [0.1, 0.15) is 0 Å². The molecule has 0 bridgehead atoms. The predicted molar refractivity (Wildman–Crippen MR) is 69.9 cm³/mol. The highest BCUT2D eigenvalue weighted by Crippen LogP contribution is 2.15. The van der Waals surface area contributed by atoms with E-state index in [-0.39, 0.29) is 0 Å². The smallest absolute Gasteiger partial charge is 0.0603 e. The van der Waals surface area contributed by atoms with Crippen LogP contribution in [0.15, 0.2) is 0 Å². The Morgan fingerprint density at radius 1 is 1.00 bits per heavy atom. The van der Waals surface area contributed by atoms with Gasteiger partial charge < -0.3 is 9.47 Å². The molecule has 0 amide bonds. The molecule has 0 aromatic rings. The molecule has 0 saturated heterocycles. The van der Waals surface area contributed by atoms with Crippen molar-refractivity contribution in [3.63, 3.8) is 0 Å². The van der Waals surface area contributed by atoms with Crippen LogP contribution in [-0.4, -0.2) is 24.9 Å². The summed E-state index contributed by atoms with van der Waals surface area (Å²) in [6.45, 7) is 11.6. The minimum absolute atomic E-state index is 0.320. The summed E-state index contributed by atoms with van der Waals surface area (Å²) in [6, 6.07) is 0. The minimum Gasteiger partial charge on any atom is -0.378 e. The fourth-order valence-corrected chi connectivity index (χ4v) is 1.82. The summed E-state index contributed by atoms with van der Waals surface area (Å²) in [4.78, 5) is 0. The van der Waals surface area contributed by atoms with Crippen LogP contribution < -0.4 is 0 Å². The van der Waals surface area contributed by atoms with E-state index in [1.54, 1.807) is 0 Å². The summed E-state index contributed by atoms with van der Waals surface area (Å²) in [5, 5.41) is 0. The Balaban J connectivity index is 3.87. The second-order valence-corrected chi connectivity index (χ2v) is 4.87. The molecular formula is C14H30O2. The van der Waals surface area contributed by atoms with E-state index in [1.165, 1.54) is 12.8 Å². The second kappa shape index (κ2) is 10.1. The number of unbranched alkanes of at least 4 members (excludes halogenated alkanes) is 1. The van der Waals surface area contributed by atoms with Crippen molar-refractivity contribution in [3.05, 3.63) is 0 Å². The van der Waals surface area contributed by atoms with Crippen LogP contribution in [0.3, 0.4) is 0 Å². The van der Waals surface area contributed by atoms with E-state index in [0.717, 1.165) is 25.9 Å². The van der Waals surface area contributed by atoms with Crippen molar-refractivity contribution in [3.8, 4) is 0 Å². The first-order valence-electron chi connectivity index (χ1n) is 6.87. The molecule has 0 aliphatic carbocycles. The van der Waals surface area contributed by atoms with Gasteiger partial charge in [-0.3, -0.25) is 0 Å². The van der Waals surface area contributed by atoms with E-state index in [1.807, 2.05) is 0 Å². The maximum Gasteiger partial charge on any atom is 0.0603 e. The van der Waals surface area contributed by atoms with E-state index >= 15 is 0 Å². The van der Waals surface area contributed by atoms with Crippen LogP contribution in [0, 0.1) is 0 Å². The van der Waals surface area contributed by atoms with Gasteiger partial charge >= 0.3 is 0 Å². The molecule has 0 N–H and O–H groups in total. The van der Waals surface area contributed by atoms with Crippen LogP contribution in [0.4, 0.5) is 0 Å². The standard InChI is InChI=1S/C14H30O2/c1-6-8-9-14(16-12(3)4)11-13(5)15-10-7-2/h12-14H,6-11H2,1-5H3. The third-order valence-corrected chi connectivity index (χ3v) is 2.55. The van der Waals surface area contributed by atoms with E-state index in [2.05, 4.69) is 34.6 Å². The first-order valence-corrected chi connectivity index (χ1v) is 6.87. The number of rotatable bonds is 10. The number of hydrogen-bond acceptors (Lipinski definition) is 2. The van der Waals surface area contributed by atoms with Crippen LogP contribution in [0.1, 0.15) is 66.7 Å². The lowest BCUT2D eigenvalue weighted by molar-refractivity contribution is -0.0387. The van der Waals surface area contributed by atoms with Gasteiger partial charge in [-0.25, -0.2) is 0 Å². The lowest BCUT2D eigenvalue weighted by Gasteiger charge is -2.23. The maximum absolute atomic E-state index is 5.92. The van der Waals surface area contributed by atoms with E-state index in [0.29, 0.717) is 18.3 Å². The van der Waals surface area contributed by atoms with Crippen LogP contribution in [0.2, 0.25) is 0 Å². The van der Waals surface area contributed by atoms with E-state index in [9.17, 15) is 0 Å². The zero-order valence-corrected chi connectivity index (χ0v) is 11.8. The fourth-order valence-electron chi connectivity index (χ4n) is 1.82. The summed E-state index contributed by atoms with van der Waals surface area (Å²) < 4.78 is 11.6. The van der Waals surface area contributed by atoms with E-state index in [4.69, 9.17) is 9.47 Å². The van der Waals surface area contributed by atoms with Crippen LogP contribution in [0.5, 0.6) is 0 Å². The summed E-state index contributed by atoms with van der Waals surface area (Å²) in [7, 11) is 0. The SMILES string of the molecule is CCCCC(CC(C)OCCC)OC(C)C. The van der Waals surface area contributed by atoms with Gasteiger partial charge in [-0.2, -0.15) is 0 Å². The Morgan fingerprint density at radius 2 is 1.69 bits per heavy atom. The second-order valence-electron chi connectivity index (χ2n) is 4.87. The Hall–Kier alpha value is -0.0800. The third-order valence-electron chi connectivity index (χ3n) is 2.55. The van der Waals surface area contributed by atoms with Crippen LogP contribution in [0.25, 0.3) is 0 Å². The molecule has 2 heteroatoms. The van der Waals surface area contributed by atoms with Crippen molar-refractivity contribution in [2.24, 2.45) is 0 Å². The Morgan fingerprint density at radius 3 is 2.19 bits per heavy atom. The van der Waals surface area contributed by atoms with Gasteiger partial charge in [-0.05, 0) is 40.0 Å². The van der Waals surface area contributed by atoms with Gasteiger partial charge in [0.2, 0.25) is 0 Å². The highest BCUT2D eigenvalue weighted by atomic mass is 16.5. The molecule has 16 heavy (non-hydrogen) atoms. The largest absolute Gasteiger partial charge is 0.378 e. The Kier molecular flexibility index (Phi) is 10.0. The highest BCUT2D eigenvalue weighted by molar-refractivity contribution is 4.64. The topological polar surface area (TPSA) is 18.5 Å². The van der Waals surface area contributed by atoms with Crippen molar-refractivity contribution in [1.82, 2.24) is 0 Å². The first-order chi connectivity index (χ1) is 7.60. The van der Waals surface area contributed by atoms with Crippen molar-refractivity contribution >= 4 is 0 Å². The number of ether oxygens (including phenoxy) is 2. The predicted octanol–water partition coefficient (Wildman–Crippen LogP) is 4.18. The van der Waals surface area contributed by atoms with Crippen LogP contribution >= 0.6 is 0 Å². The average Bonchev–Trinajstić information content (AvgIpc) is 2.22. The lowest BCUT2D eigenvalue weighted by Crippen LogP contribution is -2.24. The summed E-state index contributed by atoms with van der Waals surface area (Å²) in [5.41, 5.74) is 0. The normalized spacial score (nSPS) is 15.4. The van der Waals surface area contributed by atoms with Gasteiger partial charge in [0.15, 0.2) is 0 Å². The fraction of sp³-hybridized carbons (Fsp3) is 1.00. The molecule has 0 saturated carbocycles. The molecule has 98 valence electrons. The minimum atomic E-state index is 0.320.